The molecule has 4 unspecified atom stereocenters. The van der Waals surface area contributed by atoms with Crippen LogP contribution in [0, 0.1) is 59.2 Å². The molecular weight excluding hydrogens is 252 g/mol. The van der Waals surface area contributed by atoms with Crippen molar-refractivity contribution in [2.75, 3.05) is 0 Å². The molecule has 0 heteroatoms. The van der Waals surface area contributed by atoms with E-state index < -0.39 is 0 Å². The Labute approximate surface area is 135 Å². The van der Waals surface area contributed by atoms with Gasteiger partial charge in [0.15, 0.2) is 0 Å². The molecule has 0 aliphatic heterocycles. The van der Waals surface area contributed by atoms with Gasteiger partial charge in [-0.25, -0.2) is 0 Å². The molecule has 0 bridgehead atoms. The Morgan fingerprint density at radius 1 is 0.476 bits per heavy atom. The van der Waals surface area contributed by atoms with Gasteiger partial charge in [-0.15, -0.1) is 0 Å². The highest BCUT2D eigenvalue weighted by molar-refractivity contribution is 5.00. The summed E-state index contributed by atoms with van der Waals surface area (Å²) in [6, 6.07) is 0. The third kappa shape index (κ3) is 4.05. The highest BCUT2D eigenvalue weighted by atomic mass is 14.6. The molecule has 0 N–H and O–H groups in total. The van der Waals surface area contributed by atoms with E-state index in [0.717, 1.165) is 59.2 Å². The van der Waals surface area contributed by atoms with Crippen LogP contribution in [0.2, 0.25) is 0 Å². The first-order valence-corrected chi connectivity index (χ1v) is 9.59. The minimum Gasteiger partial charge on any atom is -0.0628 e. The average Bonchev–Trinajstić information content (AvgIpc) is 2.63. The maximum absolute atomic E-state index is 2.48. The summed E-state index contributed by atoms with van der Waals surface area (Å²) in [5, 5.41) is 0. The smallest absolute Gasteiger partial charge is 0.0324 e. The molecule has 0 aromatic rings. The van der Waals surface area contributed by atoms with E-state index in [2.05, 4.69) is 69.2 Å². The third-order valence-corrected chi connectivity index (χ3v) is 6.14. The van der Waals surface area contributed by atoms with Gasteiger partial charge < -0.3 is 0 Å². The molecule has 1 rings (SSSR count). The summed E-state index contributed by atoms with van der Waals surface area (Å²) in [6.45, 7) is 24.7. The largest absolute Gasteiger partial charge is 0.0628 e. The summed E-state index contributed by atoms with van der Waals surface area (Å²) >= 11 is 0. The van der Waals surface area contributed by atoms with Crippen LogP contribution < -0.4 is 0 Å². The van der Waals surface area contributed by atoms with Crippen LogP contribution in [0.15, 0.2) is 0 Å². The van der Waals surface area contributed by atoms with E-state index in [4.69, 9.17) is 0 Å². The topological polar surface area (TPSA) is 0 Å². The molecule has 1 aliphatic rings. The average molecular weight is 295 g/mol. The van der Waals surface area contributed by atoms with Crippen LogP contribution in [0.3, 0.4) is 0 Å². The molecule has 0 amide bonds. The molecule has 4 atom stereocenters. The summed E-state index contributed by atoms with van der Waals surface area (Å²) in [7, 11) is 0. The van der Waals surface area contributed by atoms with E-state index in [1.54, 1.807) is 0 Å². The highest BCUT2D eigenvalue weighted by Crippen LogP contribution is 2.58. The second-order valence-electron chi connectivity index (χ2n) is 9.58. The van der Waals surface area contributed by atoms with Gasteiger partial charge in [0.05, 0.1) is 0 Å². The van der Waals surface area contributed by atoms with Crippen molar-refractivity contribution in [2.24, 2.45) is 59.2 Å². The molecule has 21 heavy (non-hydrogen) atoms. The first-order chi connectivity index (χ1) is 9.59. The summed E-state index contributed by atoms with van der Waals surface area (Å²) in [5.74, 6) is 8.74. The lowest BCUT2D eigenvalue weighted by atomic mass is 9.70. The maximum Gasteiger partial charge on any atom is -0.0324 e. The monoisotopic (exact) mass is 294 g/mol. The minimum absolute atomic E-state index is 0.822. The fourth-order valence-electron chi connectivity index (χ4n) is 5.85. The van der Waals surface area contributed by atoms with E-state index in [1.807, 2.05) is 0 Å². The molecule has 1 fully saturated rings. The molecule has 126 valence electrons. The van der Waals surface area contributed by atoms with Gasteiger partial charge in [-0.1, -0.05) is 69.2 Å². The van der Waals surface area contributed by atoms with E-state index in [9.17, 15) is 0 Å². The number of rotatable bonds is 6. The fourth-order valence-corrected chi connectivity index (χ4v) is 5.85. The van der Waals surface area contributed by atoms with Gasteiger partial charge >= 0.3 is 0 Å². The first-order valence-electron chi connectivity index (χ1n) is 9.59. The molecule has 0 radical (unpaired) electrons. The zero-order valence-electron chi connectivity index (χ0n) is 16.5. The van der Waals surface area contributed by atoms with E-state index in [0.29, 0.717) is 0 Å². The highest BCUT2D eigenvalue weighted by Gasteiger charge is 2.53. The van der Waals surface area contributed by atoms with Gasteiger partial charge in [-0.05, 0) is 65.6 Å². The van der Waals surface area contributed by atoms with Crippen molar-refractivity contribution in [3.63, 3.8) is 0 Å². The van der Waals surface area contributed by atoms with Crippen LogP contribution in [0.25, 0.3) is 0 Å². The zero-order chi connectivity index (χ0) is 16.5. The first kappa shape index (κ1) is 19.0. The fraction of sp³-hybridized carbons (Fsp3) is 1.00. The Morgan fingerprint density at radius 3 is 0.952 bits per heavy atom. The lowest BCUT2D eigenvalue weighted by Gasteiger charge is -2.35. The molecule has 0 aromatic carbocycles. The molecule has 0 aromatic heterocycles. The number of hydrogen-bond donors (Lipinski definition) is 0. The van der Waals surface area contributed by atoms with Gasteiger partial charge in [0, 0.05) is 0 Å². The van der Waals surface area contributed by atoms with Gasteiger partial charge in [0.1, 0.15) is 0 Å². The van der Waals surface area contributed by atoms with Crippen molar-refractivity contribution < 1.29 is 0 Å². The molecule has 0 spiro atoms. The maximum atomic E-state index is 2.48. The second-order valence-corrected chi connectivity index (χ2v) is 9.58. The summed E-state index contributed by atoms with van der Waals surface area (Å²) in [5.41, 5.74) is 0. The van der Waals surface area contributed by atoms with Crippen LogP contribution in [0.1, 0.15) is 75.7 Å². The Hall–Kier alpha value is 0. The molecule has 1 saturated carbocycles. The molecular formula is C21H42. The Bertz CT molecular complexity index is 271. The van der Waals surface area contributed by atoms with Crippen molar-refractivity contribution in [1.82, 2.24) is 0 Å². The number of hydrogen-bond acceptors (Lipinski definition) is 0. The Kier molecular flexibility index (Phi) is 6.81. The standard InChI is InChI=1S/C21H42/c1-12(2)11-17-18(13(3)4)20(15(7)8)21(16(9)10)19(17)14(5)6/h12-21H,11H2,1-10H3. The normalized spacial score (nSPS) is 34.1. The third-order valence-electron chi connectivity index (χ3n) is 6.14. The lowest BCUT2D eigenvalue weighted by molar-refractivity contribution is 0.131. The Morgan fingerprint density at radius 2 is 0.762 bits per heavy atom. The molecule has 1 aliphatic carbocycles. The van der Waals surface area contributed by atoms with Crippen LogP contribution >= 0.6 is 0 Å². The van der Waals surface area contributed by atoms with Crippen LogP contribution in [-0.2, 0) is 0 Å². The van der Waals surface area contributed by atoms with Gasteiger partial charge in [-0.3, -0.25) is 0 Å². The predicted octanol–water partition coefficient (Wildman–Crippen LogP) is 6.75. The SMILES string of the molecule is CC(C)CC1C(C(C)C)C(C(C)C)C(C(C)C)C1C(C)C. The van der Waals surface area contributed by atoms with Gasteiger partial charge in [0.25, 0.3) is 0 Å². The summed E-state index contributed by atoms with van der Waals surface area (Å²) < 4.78 is 0. The molecule has 0 heterocycles. The van der Waals surface area contributed by atoms with Crippen molar-refractivity contribution in [3.8, 4) is 0 Å². The van der Waals surface area contributed by atoms with E-state index in [1.165, 1.54) is 6.42 Å². The minimum atomic E-state index is 0.822. The van der Waals surface area contributed by atoms with Crippen molar-refractivity contribution >= 4 is 0 Å². The van der Waals surface area contributed by atoms with Crippen molar-refractivity contribution in [2.45, 2.75) is 75.7 Å². The predicted molar refractivity (Wildman–Crippen MR) is 96.3 cm³/mol. The van der Waals surface area contributed by atoms with Crippen molar-refractivity contribution in [3.05, 3.63) is 0 Å². The molecule has 0 nitrogen and oxygen atoms in total. The summed E-state index contributed by atoms with van der Waals surface area (Å²) in [6.07, 6.45) is 1.43. The van der Waals surface area contributed by atoms with E-state index >= 15 is 0 Å². The van der Waals surface area contributed by atoms with Crippen LogP contribution in [-0.4, -0.2) is 0 Å². The second kappa shape index (κ2) is 7.51. The van der Waals surface area contributed by atoms with E-state index in [-0.39, 0.29) is 0 Å². The van der Waals surface area contributed by atoms with Gasteiger partial charge in [0.2, 0.25) is 0 Å². The van der Waals surface area contributed by atoms with Crippen LogP contribution in [0.4, 0.5) is 0 Å². The molecule has 0 saturated heterocycles. The Balaban J connectivity index is 3.28. The summed E-state index contributed by atoms with van der Waals surface area (Å²) in [4.78, 5) is 0. The van der Waals surface area contributed by atoms with Crippen LogP contribution in [0.5, 0.6) is 0 Å². The zero-order valence-corrected chi connectivity index (χ0v) is 16.5. The van der Waals surface area contributed by atoms with Crippen molar-refractivity contribution in [1.29, 1.82) is 0 Å². The quantitative estimate of drug-likeness (QED) is 0.508. The lowest BCUT2D eigenvalue weighted by Crippen LogP contribution is -2.29. The van der Waals surface area contributed by atoms with Gasteiger partial charge in [-0.2, -0.15) is 0 Å².